The molecular formula is C13H14N4O4. The van der Waals surface area contributed by atoms with Gasteiger partial charge in [0.2, 0.25) is 5.82 Å². The van der Waals surface area contributed by atoms with Crippen LogP contribution in [0, 0.1) is 27.4 Å². The van der Waals surface area contributed by atoms with Gasteiger partial charge in [-0.3, -0.25) is 14.9 Å². The summed E-state index contributed by atoms with van der Waals surface area (Å²) in [5.41, 5.74) is -0.351. The summed E-state index contributed by atoms with van der Waals surface area (Å²) in [6.45, 7) is 0.853. The number of anilines is 1. The highest BCUT2D eigenvalue weighted by Gasteiger charge is 2.32. The van der Waals surface area contributed by atoms with E-state index >= 15 is 0 Å². The molecule has 0 aliphatic carbocycles. The highest BCUT2D eigenvalue weighted by Crippen LogP contribution is 2.32. The Morgan fingerprint density at radius 1 is 1.67 bits per heavy atom. The minimum Gasteiger partial charge on any atom is -0.469 e. The van der Waals surface area contributed by atoms with Crippen molar-refractivity contribution in [3.8, 4) is 6.07 Å². The molecule has 1 aliphatic heterocycles. The van der Waals surface area contributed by atoms with Crippen LogP contribution in [0.4, 0.5) is 11.5 Å². The van der Waals surface area contributed by atoms with E-state index in [0.717, 1.165) is 0 Å². The molecule has 1 aromatic heterocycles. The molecule has 2 rings (SSSR count). The summed E-state index contributed by atoms with van der Waals surface area (Å²) >= 11 is 0. The number of carbonyl (C=O) groups excluding carboxylic acids is 1. The number of nitro groups is 1. The van der Waals surface area contributed by atoms with Crippen molar-refractivity contribution in [2.45, 2.75) is 12.8 Å². The number of rotatable bonds is 3. The van der Waals surface area contributed by atoms with Gasteiger partial charge in [-0.15, -0.1) is 0 Å². The SMILES string of the molecule is COC(=O)C1CCCN(c2nccc(C#N)c2[N+](=O)[O-])C1. The van der Waals surface area contributed by atoms with Crippen molar-refractivity contribution in [1.29, 1.82) is 5.26 Å². The summed E-state index contributed by atoms with van der Waals surface area (Å²) in [6, 6.07) is 3.11. The van der Waals surface area contributed by atoms with E-state index in [1.807, 2.05) is 0 Å². The molecule has 0 aromatic carbocycles. The fourth-order valence-electron chi connectivity index (χ4n) is 2.47. The van der Waals surface area contributed by atoms with E-state index in [4.69, 9.17) is 10.00 Å². The van der Waals surface area contributed by atoms with Gasteiger partial charge in [-0.1, -0.05) is 0 Å². The van der Waals surface area contributed by atoms with Gasteiger partial charge in [0.05, 0.1) is 18.0 Å². The van der Waals surface area contributed by atoms with Crippen molar-refractivity contribution in [2.75, 3.05) is 25.1 Å². The Balaban J connectivity index is 2.36. The fourth-order valence-corrected chi connectivity index (χ4v) is 2.47. The quantitative estimate of drug-likeness (QED) is 0.468. The Bertz CT molecular complexity index is 611. The zero-order chi connectivity index (χ0) is 15.4. The molecule has 0 radical (unpaired) electrons. The van der Waals surface area contributed by atoms with Crippen molar-refractivity contribution < 1.29 is 14.5 Å². The zero-order valence-electron chi connectivity index (χ0n) is 11.5. The maximum atomic E-state index is 11.6. The Kier molecular flexibility index (Phi) is 4.33. The molecule has 110 valence electrons. The summed E-state index contributed by atoms with van der Waals surface area (Å²) in [6.07, 6.45) is 2.74. The average Bonchev–Trinajstić information content (AvgIpc) is 2.53. The fraction of sp³-hybridized carbons (Fsp3) is 0.462. The van der Waals surface area contributed by atoms with E-state index in [2.05, 4.69) is 4.98 Å². The summed E-state index contributed by atoms with van der Waals surface area (Å²) in [4.78, 5) is 27.9. The molecule has 0 amide bonds. The topological polar surface area (TPSA) is 109 Å². The summed E-state index contributed by atoms with van der Waals surface area (Å²) < 4.78 is 4.72. The molecule has 0 bridgehead atoms. The van der Waals surface area contributed by atoms with E-state index in [0.29, 0.717) is 25.9 Å². The molecule has 1 atom stereocenters. The van der Waals surface area contributed by atoms with Crippen LogP contribution in [0.1, 0.15) is 18.4 Å². The molecule has 1 fully saturated rings. The number of nitriles is 1. The second-order valence-corrected chi connectivity index (χ2v) is 4.71. The molecular weight excluding hydrogens is 276 g/mol. The van der Waals surface area contributed by atoms with Crippen molar-refractivity contribution in [1.82, 2.24) is 4.98 Å². The van der Waals surface area contributed by atoms with E-state index in [-0.39, 0.29) is 29.0 Å². The Hall–Kier alpha value is -2.69. The van der Waals surface area contributed by atoms with Gasteiger partial charge in [-0.2, -0.15) is 5.26 Å². The number of ether oxygens (including phenoxy) is 1. The highest BCUT2D eigenvalue weighted by atomic mass is 16.6. The van der Waals surface area contributed by atoms with E-state index in [1.165, 1.54) is 19.4 Å². The third kappa shape index (κ3) is 2.91. The Morgan fingerprint density at radius 3 is 3.05 bits per heavy atom. The lowest BCUT2D eigenvalue weighted by Gasteiger charge is -2.31. The lowest BCUT2D eigenvalue weighted by atomic mass is 9.98. The van der Waals surface area contributed by atoms with Gasteiger partial charge in [-0.05, 0) is 18.9 Å². The van der Waals surface area contributed by atoms with Crippen LogP contribution in [0.25, 0.3) is 0 Å². The first-order valence-electron chi connectivity index (χ1n) is 6.44. The number of hydrogen-bond acceptors (Lipinski definition) is 7. The van der Waals surface area contributed by atoms with E-state index < -0.39 is 4.92 Å². The van der Waals surface area contributed by atoms with Crippen molar-refractivity contribution >= 4 is 17.5 Å². The Morgan fingerprint density at radius 2 is 2.43 bits per heavy atom. The zero-order valence-corrected chi connectivity index (χ0v) is 11.5. The molecule has 8 nitrogen and oxygen atoms in total. The van der Waals surface area contributed by atoms with Gasteiger partial charge in [0.15, 0.2) is 0 Å². The molecule has 8 heteroatoms. The Labute approximate surface area is 121 Å². The maximum Gasteiger partial charge on any atom is 0.329 e. The molecule has 2 heterocycles. The van der Waals surface area contributed by atoms with Gasteiger partial charge in [0, 0.05) is 19.3 Å². The third-order valence-electron chi connectivity index (χ3n) is 3.46. The normalized spacial score (nSPS) is 17.9. The summed E-state index contributed by atoms with van der Waals surface area (Å²) in [5.74, 6) is -0.540. The molecule has 21 heavy (non-hydrogen) atoms. The predicted molar refractivity (Wildman–Crippen MR) is 72.6 cm³/mol. The van der Waals surface area contributed by atoms with E-state index in [9.17, 15) is 14.9 Å². The lowest BCUT2D eigenvalue weighted by molar-refractivity contribution is -0.384. The number of hydrogen-bond donors (Lipinski definition) is 0. The molecule has 1 aliphatic rings. The van der Waals surface area contributed by atoms with Crippen molar-refractivity contribution in [3.63, 3.8) is 0 Å². The minimum atomic E-state index is -0.608. The van der Waals surface area contributed by atoms with Gasteiger partial charge >= 0.3 is 11.7 Å². The van der Waals surface area contributed by atoms with Gasteiger partial charge in [0.1, 0.15) is 11.6 Å². The van der Waals surface area contributed by atoms with Crippen LogP contribution in [0.15, 0.2) is 12.3 Å². The maximum absolute atomic E-state index is 11.6. The first-order chi connectivity index (χ1) is 10.1. The van der Waals surface area contributed by atoms with Crippen LogP contribution in [0.3, 0.4) is 0 Å². The molecule has 1 aromatic rings. The minimum absolute atomic E-state index is 0.0369. The van der Waals surface area contributed by atoms with Crippen LogP contribution in [-0.2, 0) is 9.53 Å². The number of piperidine rings is 1. The monoisotopic (exact) mass is 290 g/mol. The number of carbonyl (C=O) groups is 1. The number of nitrogens with zero attached hydrogens (tertiary/aromatic N) is 4. The number of pyridine rings is 1. The third-order valence-corrected chi connectivity index (χ3v) is 3.46. The van der Waals surface area contributed by atoms with Crippen LogP contribution < -0.4 is 4.90 Å². The predicted octanol–water partition coefficient (Wildman–Crippen LogP) is 1.25. The number of aromatic nitrogens is 1. The second-order valence-electron chi connectivity index (χ2n) is 4.71. The van der Waals surface area contributed by atoms with Gasteiger partial charge in [-0.25, -0.2) is 4.98 Å². The average molecular weight is 290 g/mol. The standard InChI is InChI=1S/C13H14N4O4/c1-21-13(18)10-3-2-6-16(8-10)12-11(17(19)20)9(7-14)4-5-15-12/h4-5,10H,2-3,6,8H2,1H3. The lowest BCUT2D eigenvalue weighted by Crippen LogP contribution is -2.40. The molecule has 0 spiro atoms. The summed E-state index contributed by atoms with van der Waals surface area (Å²) in [5, 5.41) is 20.2. The van der Waals surface area contributed by atoms with Crippen molar-refractivity contribution in [3.05, 3.63) is 27.9 Å². The van der Waals surface area contributed by atoms with Crippen LogP contribution in [0.5, 0.6) is 0 Å². The van der Waals surface area contributed by atoms with E-state index in [1.54, 1.807) is 11.0 Å². The number of esters is 1. The molecule has 1 saturated heterocycles. The van der Waals surface area contributed by atoms with Crippen LogP contribution in [-0.4, -0.2) is 36.1 Å². The first kappa shape index (κ1) is 14.7. The van der Waals surface area contributed by atoms with Gasteiger partial charge in [0.25, 0.3) is 0 Å². The molecule has 0 saturated carbocycles. The smallest absolute Gasteiger partial charge is 0.329 e. The van der Waals surface area contributed by atoms with Crippen molar-refractivity contribution in [2.24, 2.45) is 5.92 Å². The molecule has 0 N–H and O–H groups in total. The van der Waals surface area contributed by atoms with Crippen LogP contribution in [0.2, 0.25) is 0 Å². The largest absolute Gasteiger partial charge is 0.469 e. The first-order valence-corrected chi connectivity index (χ1v) is 6.44. The molecule has 1 unspecified atom stereocenters. The number of methoxy groups -OCH3 is 1. The highest BCUT2D eigenvalue weighted by molar-refractivity contribution is 5.74. The van der Waals surface area contributed by atoms with Gasteiger partial charge < -0.3 is 9.64 Å². The second kappa shape index (κ2) is 6.17. The summed E-state index contributed by atoms with van der Waals surface area (Å²) in [7, 11) is 1.32. The van der Waals surface area contributed by atoms with Crippen LogP contribution >= 0.6 is 0 Å².